The van der Waals surface area contributed by atoms with Crippen LogP contribution in [0.4, 0.5) is 24.5 Å². The van der Waals surface area contributed by atoms with Gasteiger partial charge in [0.15, 0.2) is 0 Å². The van der Waals surface area contributed by atoms with Crippen LogP contribution >= 0.6 is 0 Å². The molecule has 1 aliphatic carbocycles. The first-order chi connectivity index (χ1) is 19.2. The van der Waals surface area contributed by atoms with Crippen LogP contribution < -0.4 is 15.4 Å². The number of anilines is 2. The fourth-order valence-corrected chi connectivity index (χ4v) is 4.40. The number of carbonyl (C=O) groups excluding carboxylic acids is 2. The zero-order valence-corrected chi connectivity index (χ0v) is 21.4. The maximum Gasteiger partial charge on any atom is 0.416 e. The van der Waals surface area contributed by atoms with Crippen molar-refractivity contribution in [1.82, 2.24) is 0 Å². The number of nitrogens with one attached hydrogen (secondary N) is 2. The Hall–Kier alpha value is -4.37. The van der Waals surface area contributed by atoms with Crippen LogP contribution in [0.3, 0.4) is 0 Å². The molecule has 1 fully saturated rings. The number of hydrogen-bond donors (Lipinski definition) is 3. The molecule has 3 aromatic rings. The summed E-state index contributed by atoms with van der Waals surface area (Å²) in [5.74, 6) is 0.264. The topological polar surface area (TPSA) is 87.7 Å². The average Bonchev–Trinajstić information content (AvgIpc) is 3.76. The molecule has 1 unspecified atom stereocenters. The van der Waals surface area contributed by atoms with Crippen molar-refractivity contribution in [3.63, 3.8) is 0 Å². The molecule has 0 aromatic heterocycles. The van der Waals surface area contributed by atoms with Gasteiger partial charge in [0.2, 0.25) is 5.91 Å². The van der Waals surface area contributed by atoms with Gasteiger partial charge in [-0.05, 0) is 71.9 Å². The summed E-state index contributed by atoms with van der Waals surface area (Å²) in [4.78, 5) is 24.5. The van der Waals surface area contributed by atoms with Gasteiger partial charge < -0.3 is 20.5 Å². The molecule has 2 amide bonds. The van der Waals surface area contributed by atoms with E-state index < -0.39 is 29.7 Å². The number of halogens is 3. The first-order valence-corrected chi connectivity index (χ1v) is 12.9. The lowest BCUT2D eigenvalue weighted by Crippen LogP contribution is -2.34. The van der Waals surface area contributed by atoms with Gasteiger partial charge in [0.05, 0.1) is 12.2 Å². The van der Waals surface area contributed by atoms with Gasteiger partial charge in [-0.1, -0.05) is 42.5 Å². The summed E-state index contributed by atoms with van der Waals surface area (Å²) < 4.78 is 45.3. The smallest absolute Gasteiger partial charge is 0.416 e. The Labute approximate surface area is 229 Å². The Bertz CT molecular complexity index is 1470. The van der Waals surface area contributed by atoms with Gasteiger partial charge in [0, 0.05) is 29.4 Å². The molecular weight excluding hydrogens is 521 g/mol. The van der Waals surface area contributed by atoms with E-state index >= 15 is 0 Å². The summed E-state index contributed by atoms with van der Waals surface area (Å²) in [5.41, 5.74) is 2.71. The molecule has 2 aliphatic rings. The molecule has 40 heavy (non-hydrogen) atoms. The van der Waals surface area contributed by atoms with E-state index in [2.05, 4.69) is 10.6 Å². The van der Waals surface area contributed by atoms with Crippen LogP contribution in [0.2, 0.25) is 0 Å². The molecule has 0 spiro atoms. The zero-order valence-electron chi connectivity index (χ0n) is 21.4. The quantitative estimate of drug-likeness (QED) is 0.239. The number of carbonyl (C=O) groups is 2. The minimum Gasteiger partial charge on any atom is -0.493 e. The monoisotopic (exact) mass is 548 g/mol. The highest BCUT2D eigenvalue weighted by molar-refractivity contribution is 6.03. The van der Waals surface area contributed by atoms with Crippen LogP contribution in [-0.4, -0.2) is 29.6 Å². The number of alkyl halides is 3. The molecule has 1 atom stereocenters. The standard InChI is InChI=1S/C31H27F3N2O4/c32-31(33,34)22-14-12-20(13-15-22)24(21-4-1-5-23(16-21)40-18-19-10-11-19)6-2-9-29(38)35-26-7-3-8-27-25(26)17-28(37)30(39)36-27/h1-9,12-16,19,28,37H,10-11,17-18H2,(H,35,38)(H,36,39)/b9-2+,24-6-. The minimum absolute atomic E-state index is 0.0679. The summed E-state index contributed by atoms with van der Waals surface area (Å²) in [6, 6.07) is 17.2. The highest BCUT2D eigenvalue weighted by Crippen LogP contribution is 2.34. The van der Waals surface area contributed by atoms with Crippen LogP contribution in [0.5, 0.6) is 5.75 Å². The van der Waals surface area contributed by atoms with E-state index in [9.17, 15) is 27.9 Å². The largest absolute Gasteiger partial charge is 0.493 e. The number of rotatable bonds is 8. The SMILES string of the molecule is O=C(/C=C/C=C(/c1ccc(C(F)(F)F)cc1)c1cccc(OCC2CC2)c1)Nc1cccc2c1CC(O)C(=O)N2. The summed E-state index contributed by atoms with van der Waals surface area (Å²) in [7, 11) is 0. The van der Waals surface area contributed by atoms with Crippen molar-refractivity contribution in [2.45, 2.75) is 31.5 Å². The number of aliphatic hydroxyl groups is 1. The number of fused-ring (bicyclic) bond motifs is 1. The Morgan fingerprint density at radius 1 is 1.05 bits per heavy atom. The van der Waals surface area contributed by atoms with Crippen molar-refractivity contribution < 1.29 is 32.6 Å². The predicted molar refractivity (Wildman–Crippen MR) is 146 cm³/mol. The van der Waals surface area contributed by atoms with E-state index in [4.69, 9.17) is 4.74 Å². The Kier molecular flexibility index (Phi) is 7.75. The molecule has 9 heteroatoms. The second-order valence-corrected chi connectivity index (χ2v) is 9.83. The number of benzene rings is 3. The lowest BCUT2D eigenvalue weighted by Gasteiger charge is -2.23. The molecular formula is C31H27F3N2O4. The zero-order chi connectivity index (χ0) is 28.3. The van der Waals surface area contributed by atoms with Gasteiger partial charge >= 0.3 is 6.18 Å². The number of aliphatic hydroxyl groups excluding tert-OH is 1. The number of allylic oxidation sites excluding steroid dienone is 2. The normalized spacial score (nSPS) is 17.4. The van der Waals surface area contributed by atoms with Gasteiger partial charge in [-0.2, -0.15) is 13.2 Å². The maximum atomic E-state index is 13.1. The fraction of sp³-hybridized carbons (Fsp3) is 0.226. The van der Waals surface area contributed by atoms with Crippen molar-refractivity contribution in [2.75, 3.05) is 17.2 Å². The van der Waals surface area contributed by atoms with Gasteiger partial charge in [-0.3, -0.25) is 9.59 Å². The second kappa shape index (κ2) is 11.4. The van der Waals surface area contributed by atoms with Gasteiger partial charge in [0.1, 0.15) is 11.9 Å². The van der Waals surface area contributed by atoms with Crippen LogP contribution in [0.15, 0.2) is 85.0 Å². The molecule has 0 saturated heterocycles. The molecule has 0 radical (unpaired) electrons. The third-order valence-corrected chi connectivity index (χ3v) is 6.75. The maximum absolute atomic E-state index is 13.1. The number of hydrogen-bond acceptors (Lipinski definition) is 4. The van der Waals surface area contributed by atoms with E-state index in [1.165, 1.54) is 24.3 Å². The van der Waals surface area contributed by atoms with Crippen molar-refractivity contribution in [2.24, 2.45) is 5.92 Å². The second-order valence-electron chi connectivity index (χ2n) is 9.83. The van der Waals surface area contributed by atoms with Gasteiger partial charge in [0.25, 0.3) is 5.91 Å². The Balaban J connectivity index is 1.39. The van der Waals surface area contributed by atoms with Gasteiger partial charge in [-0.25, -0.2) is 0 Å². The number of ether oxygens (including phenoxy) is 1. The van der Waals surface area contributed by atoms with E-state index in [1.807, 2.05) is 24.3 Å². The molecule has 1 aliphatic heterocycles. The van der Waals surface area contributed by atoms with Crippen LogP contribution in [-0.2, 0) is 22.2 Å². The summed E-state index contributed by atoms with van der Waals surface area (Å²) >= 11 is 0. The first kappa shape index (κ1) is 27.2. The van der Waals surface area contributed by atoms with E-state index in [0.29, 0.717) is 46.3 Å². The van der Waals surface area contributed by atoms with Crippen molar-refractivity contribution in [3.8, 4) is 5.75 Å². The van der Waals surface area contributed by atoms with Crippen LogP contribution in [0.25, 0.3) is 5.57 Å². The van der Waals surface area contributed by atoms with E-state index in [0.717, 1.165) is 30.5 Å². The molecule has 5 rings (SSSR count). The van der Waals surface area contributed by atoms with Crippen LogP contribution in [0, 0.1) is 5.92 Å². The third-order valence-electron chi connectivity index (χ3n) is 6.75. The lowest BCUT2D eigenvalue weighted by molar-refractivity contribution is -0.137. The Morgan fingerprint density at radius 3 is 2.52 bits per heavy atom. The van der Waals surface area contributed by atoms with Crippen LogP contribution in [0.1, 0.15) is 35.1 Å². The molecule has 3 aromatic carbocycles. The summed E-state index contributed by atoms with van der Waals surface area (Å²) in [6.07, 6.45) is 1.17. The highest BCUT2D eigenvalue weighted by atomic mass is 19.4. The molecule has 0 bridgehead atoms. The predicted octanol–water partition coefficient (Wildman–Crippen LogP) is 5.98. The molecule has 6 nitrogen and oxygen atoms in total. The molecule has 3 N–H and O–H groups in total. The fourth-order valence-electron chi connectivity index (χ4n) is 4.40. The molecule has 1 heterocycles. The average molecular weight is 549 g/mol. The van der Waals surface area contributed by atoms with E-state index in [-0.39, 0.29) is 6.42 Å². The Morgan fingerprint density at radius 2 is 1.80 bits per heavy atom. The molecule has 206 valence electrons. The first-order valence-electron chi connectivity index (χ1n) is 12.9. The summed E-state index contributed by atoms with van der Waals surface area (Å²) in [6.45, 7) is 0.618. The minimum atomic E-state index is -4.45. The number of amides is 2. The highest BCUT2D eigenvalue weighted by Gasteiger charge is 2.30. The van der Waals surface area contributed by atoms with Gasteiger partial charge in [-0.15, -0.1) is 0 Å². The summed E-state index contributed by atoms with van der Waals surface area (Å²) in [5, 5.41) is 15.3. The van der Waals surface area contributed by atoms with Crippen molar-refractivity contribution >= 4 is 28.8 Å². The lowest BCUT2D eigenvalue weighted by atomic mass is 9.96. The third kappa shape index (κ3) is 6.60. The van der Waals surface area contributed by atoms with Crippen molar-refractivity contribution in [1.29, 1.82) is 0 Å². The molecule has 1 saturated carbocycles. The van der Waals surface area contributed by atoms with Crippen molar-refractivity contribution in [3.05, 3.63) is 107 Å². The van der Waals surface area contributed by atoms with E-state index in [1.54, 1.807) is 24.3 Å².